The minimum Gasteiger partial charge on any atom is -0.394 e. The molecule has 0 heterocycles. The van der Waals surface area contributed by atoms with Crippen LogP contribution in [0.1, 0.15) is 46.0 Å². The zero-order valence-electron chi connectivity index (χ0n) is 10.3. The second kappa shape index (κ2) is 4.36. The third kappa shape index (κ3) is 2.10. The van der Waals surface area contributed by atoms with E-state index in [4.69, 9.17) is 0 Å². The number of amides is 1. The van der Waals surface area contributed by atoms with Crippen LogP contribution in [0.25, 0.3) is 0 Å². The van der Waals surface area contributed by atoms with Crippen molar-refractivity contribution in [3.05, 3.63) is 0 Å². The highest BCUT2D eigenvalue weighted by Crippen LogP contribution is 2.55. The summed E-state index contributed by atoms with van der Waals surface area (Å²) in [4.78, 5) is 12.1. The van der Waals surface area contributed by atoms with E-state index in [-0.39, 0.29) is 18.4 Å². The molecule has 0 bridgehead atoms. The summed E-state index contributed by atoms with van der Waals surface area (Å²) in [6.45, 7) is 3.94. The number of carbonyl (C=O) groups excluding carboxylic acids is 1. The van der Waals surface area contributed by atoms with E-state index in [9.17, 15) is 9.90 Å². The predicted molar refractivity (Wildman–Crippen MR) is 62.9 cm³/mol. The van der Waals surface area contributed by atoms with Crippen LogP contribution in [0.5, 0.6) is 0 Å². The normalized spacial score (nSPS) is 36.1. The highest BCUT2D eigenvalue weighted by atomic mass is 16.3. The lowest BCUT2D eigenvalue weighted by atomic mass is 10.00. The molecule has 0 radical (unpaired) electrons. The molecule has 2 saturated carbocycles. The second-order valence-electron chi connectivity index (χ2n) is 5.70. The van der Waals surface area contributed by atoms with E-state index >= 15 is 0 Å². The third-order valence-electron chi connectivity index (χ3n) is 4.51. The van der Waals surface area contributed by atoms with Gasteiger partial charge in [0.15, 0.2) is 0 Å². The van der Waals surface area contributed by atoms with Crippen LogP contribution >= 0.6 is 0 Å². The van der Waals surface area contributed by atoms with Crippen molar-refractivity contribution < 1.29 is 9.90 Å². The Morgan fingerprint density at radius 2 is 1.94 bits per heavy atom. The number of hydrogen-bond acceptors (Lipinski definition) is 2. The lowest BCUT2D eigenvalue weighted by Crippen LogP contribution is -2.49. The van der Waals surface area contributed by atoms with Gasteiger partial charge in [-0.05, 0) is 38.0 Å². The van der Waals surface area contributed by atoms with Gasteiger partial charge in [-0.15, -0.1) is 0 Å². The highest BCUT2D eigenvalue weighted by molar-refractivity contribution is 5.83. The van der Waals surface area contributed by atoms with E-state index in [1.165, 1.54) is 25.7 Å². The Hall–Kier alpha value is -0.570. The molecule has 2 rings (SSSR count). The summed E-state index contributed by atoms with van der Waals surface area (Å²) in [5.74, 6) is 1.72. The minimum absolute atomic E-state index is 0.0251. The van der Waals surface area contributed by atoms with Crippen LogP contribution in [0.4, 0.5) is 0 Å². The molecule has 0 aromatic rings. The number of aliphatic hydroxyl groups excluding tert-OH is 1. The summed E-state index contributed by atoms with van der Waals surface area (Å²) in [6.07, 6.45) is 5.80. The second-order valence-corrected chi connectivity index (χ2v) is 5.70. The maximum atomic E-state index is 12.1. The van der Waals surface area contributed by atoms with Crippen molar-refractivity contribution in [2.75, 3.05) is 6.61 Å². The highest BCUT2D eigenvalue weighted by Gasteiger charge is 2.55. The Morgan fingerprint density at radius 3 is 2.38 bits per heavy atom. The van der Waals surface area contributed by atoms with Gasteiger partial charge in [0.05, 0.1) is 12.1 Å². The average Bonchev–Trinajstić information content (AvgIpc) is 3.03. The van der Waals surface area contributed by atoms with Gasteiger partial charge in [0.25, 0.3) is 0 Å². The summed E-state index contributed by atoms with van der Waals surface area (Å²) in [7, 11) is 0. The zero-order valence-corrected chi connectivity index (χ0v) is 10.3. The van der Waals surface area contributed by atoms with E-state index in [0.717, 1.165) is 6.42 Å². The van der Waals surface area contributed by atoms with E-state index in [2.05, 4.69) is 5.32 Å². The Balaban J connectivity index is 1.89. The maximum absolute atomic E-state index is 12.1. The van der Waals surface area contributed by atoms with Gasteiger partial charge in [-0.1, -0.05) is 19.8 Å². The summed E-state index contributed by atoms with van der Waals surface area (Å²) in [6, 6.07) is 0. The molecular formula is C13H23NO2. The molecule has 0 aliphatic heterocycles. The molecule has 0 aromatic carbocycles. The first-order valence-electron chi connectivity index (χ1n) is 6.54. The molecule has 2 N–H and O–H groups in total. The Bertz CT molecular complexity index is 261. The molecule has 2 aliphatic carbocycles. The summed E-state index contributed by atoms with van der Waals surface area (Å²) in [5.41, 5.74) is -0.428. The van der Waals surface area contributed by atoms with Crippen LogP contribution in [0.2, 0.25) is 0 Å². The maximum Gasteiger partial charge on any atom is 0.224 e. The molecule has 2 fully saturated rings. The van der Waals surface area contributed by atoms with Crippen molar-refractivity contribution in [1.29, 1.82) is 0 Å². The predicted octanol–water partition coefficient (Wildman–Crippen LogP) is 1.70. The smallest absolute Gasteiger partial charge is 0.224 e. The van der Waals surface area contributed by atoms with Gasteiger partial charge in [0, 0.05) is 5.92 Å². The molecule has 2 aliphatic rings. The summed E-state index contributed by atoms with van der Waals surface area (Å²) in [5, 5.41) is 12.3. The number of hydrogen-bond donors (Lipinski definition) is 2. The number of nitrogens with one attached hydrogen (secondary N) is 1. The molecule has 3 heteroatoms. The van der Waals surface area contributed by atoms with Crippen molar-refractivity contribution in [2.45, 2.75) is 51.5 Å². The summed E-state index contributed by atoms with van der Waals surface area (Å²) >= 11 is 0. The van der Waals surface area contributed by atoms with E-state index in [1.54, 1.807) is 0 Å². The third-order valence-corrected chi connectivity index (χ3v) is 4.51. The number of carbonyl (C=O) groups is 1. The SMILES string of the molecule is CCC(C)(CO)NC(=O)C1C2CCCCC21. The van der Waals surface area contributed by atoms with Gasteiger partial charge in [-0.3, -0.25) is 4.79 Å². The van der Waals surface area contributed by atoms with Crippen molar-refractivity contribution >= 4 is 5.91 Å². The number of aliphatic hydroxyl groups is 1. The fourth-order valence-corrected chi connectivity index (χ4v) is 3.00. The topological polar surface area (TPSA) is 49.3 Å². The average molecular weight is 225 g/mol. The van der Waals surface area contributed by atoms with Crippen LogP contribution < -0.4 is 5.32 Å². The van der Waals surface area contributed by atoms with Crippen LogP contribution in [0.15, 0.2) is 0 Å². The molecule has 3 nitrogen and oxygen atoms in total. The lowest BCUT2D eigenvalue weighted by molar-refractivity contribution is -0.125. The first kappa shape index (κ1) is 11.9. The molecule has 16 heavy (non-hydrogen) atoms. The van der Waals surface area contributed by atoms with E-state index in [1.807, 2.05) is 13.8 Å². The van der Waals surface area contributed by atoms with Gasteiger partial charge in [-0.2, -0.15) is 0 Å². The molecule has 0 saturated heterocycles. The molecule has 3 atom stereocenters. The van der Waals surface area contributed by atoms with Crippen molar-refractivity contribution in [3.63, 3.8) is 0 Å². The van der Waals surface area contributed by atoms with Crippen molar-refractivity contribution in [2.24, 2.45) is 17.8 Å². The number of fused-ring (bicyclic) bond motifs is 1. The van der Waals surface area contributed by atoms with Gasteiger partial charge < -0.3 is 10.4 Å². The van der Waals surface area contributed by atoms with Crippen LogP contribution in [-0.4, -0.2) is 23.2 Å². The van der Waals surface area contributed by atoms with Crippen molar-refractivity contribution in [1.82, 2.24) is 5.32 Å². The summed E-state index contributed by atoms with van der Waals surface area (Å²) < 4.78 is 0. The molecule has 0 spiro atoms. The van der Waals surface area contributed by atoms with Gasteiger partial charge >= 0.3 is 0 Å². The monoisotopic (exact) mass is 225 g/mol. The van der Waals surface area contributed by atoms with Gasteiger partial charge in [0.2, 0.25) is 5.91 Å². The number of rotatable bonds is 4. The quantitative estimate of drug-likeness (QED) is 0.765. The van der Waals surface area contributed by atoms with Gasteiger partial charge in [0.1, 0.15) is 0 Å². The van der Waals surface area contributed by atoms with Crippen LogP contribution in [-0.2, 0) is 4.79 Å². The fourth-order valence-electron chi connectivity index (χ4n) is 3.00. The van der Waals surface area contributed by atoms with E-state index < -0.39 is 5.54 Å². The van der Waals surface area contributed by atoms with Crippen LogP contribution in [0, 0.1) is 17.8 Å². The molecule has 0 aromatic heterocycles. The standard InChI is InChI=1S/C13H23NO2/c1-3-13(2,8-15)14-12(16)11-9-6-4-5-7-10(9)11/h9-11,15H,3-8H2,1-2H3,(H,14,16). The Labute approximate surface area is 97.6 Å². The molecule has 1 amide bonds. The lowest BCUT2D eigenvalue weighted by Gasteiger charge is -2.27. The zero-order chi connectivity index (χ0) is 11.8. The van der Waals surface area contributed by atoms with E-state index in [0.29, 0.717) is 11.8 Å². The molecule has 3 unspecified atom stereocenters. The first-order chi connectivity index (χ1) is 7.61. The van der Waals surface area contributed by atoms with Crippen LogP contribution in [0.3, 0.4) is 0 Å². The minimum atomic E-state index is -0.428. The van der Waals surface area contributed by atoms with Gasteiger partial charge in [-0.25, -0.2) is 0 Å². The van der Waals surface area contributed by atoms with Crippen molar-refractivity contribution in [3.8, 4) is 0 Å². The molecule has 92 valence electrons. The largest absolute Gasteiger partial charge is 0.394 e. The Morgan fingerprint density at radius 1 is 1.38 bits per heavy atom. The first-order valence-corrected chi connectivity index (χ1v) is 6.54. The molecular weight excluding hydrogens is 202 g/mol. The fraction of sp³-hybridized carbons (Fsp3) is 0.923. The Kier molecular flexibility index (Phi) is 3.24.